The summed E-state index contributed by atoms with van der Waals surface area (Å²) in [4.78, 5) is 22.9. The van der Waals surface area contributed by atoms with Gasteiger partial charge in [-0.2, -0.15) is 20.1 Å². The first-order chi connectivity index (χ1) is 14.1. The predicted octanol–water partition coefficient (Wildman–Crippen LogP) is 1.98. The first-order valence-corrected chi connectivity index (χ1v) is 11.4. The number of anilines is 3. The number of thioether (sulfide) groups is 1. The van der Waals surface area contributed by atoms with Crippen LogP contribution in [0.4, 0.5) is 17.8 Å². The topological polar surface area (TPSA) is 164 Å². The third kappa shape index (κ3) is 4.91. The summed E-state index contributed by atoms with van der Waals surface area (Å²) < 4.78 is 28.4. The van der Waals surface area contributed by atoms with Gasteiger partial charge in [0.25, 0.3) is 16.0 Å². The van der Waals surface area contributed by atoms with Crippen LogP contribution >= 0.6 is 23.4 Å². The fourth-order valence-corrected chi connectivity index (χ4v) is 5.07. The van der Waals surface area contributed by atoms with Gasteiger partial charge in [0.05, 0.1) is 11.8 Å². The molecule has 0 bridgehead atoms. The highest BCUT2D eigenvalue weighted by Crippen LogP contribution is 2.33. The Morgan fingerprint density at radius 3 is 2.77 bits per heavy atom. The van der Waals surface area contributed by atoms with Crippen LogP contribution in [-0.2, 0) is 14.8 Å². The zero-order valence-corrected chi connectivity index (χ0v) is 18.3. The van der Waals surface area contributed by atoms with Gasteiger partial charge in [-0.3, -0.25) is 4.79 Å². The highest BCUT2D eigenvalue weighted by Gasteiger charge is 2.25. The number of aryl methyl sites for hydroxylation is 1. The molecule has 0 fully saturated rings. The SMILES string of the molecule is Cc1cc(S(=O)(=O)Nc2nc(N)nc(N3N=CC[C@@H]3C)n2)c(SCC(=O)O)cc1Cl. The van der Waals surface area contributed by atoms with Crippen molar-refractivity contribution >= 4 is 63.4 Å². The number of aromatic nitrogens is 3. The van der Waals surface area contributed by atoms with E-state index >= 15 is 0 Å². The highest BCUT2D eigenvalue weighted by molar-refractivity contribution is 8.01. The Morgan fingerprint density at radius 1 is 1.40 bits per heavy atom. The lowest BCUT2D eigenvalue weighted by Crippen LogP contribution is -2.26. The molecule has 1 aromatic heterocycles. The predicted molar refractivity (Wildman–Crippen MR) is 115 cm³/mol. The van der Waals surface area contributed by atoms with Gasteiger partial charge >= 0.3 is 5.97 Å². The van der Waals surface area contributed by atoms with Crippen LogP contribution in [0.5, 0.6) is 0 Å². The molecule has 3 rings (SSSR count). The van der Waals surface area contributed by atoms with Gasteiger partial charge in [-0.15, -0.1) is 11.8 Å². The van der Waals surface area contributed by atoms with Crippen LogP contribution in [0.15, 0.2) is 27.0 Å². The largest absolute Gasteiger partial charge is 0.481 e. The maximum atomic E-state index is 13.0. The third-order valence-corrected chi connectivity index (χ3v) is 6.95. The molecule has 1 aliphatic rings. The molecule has 0 spiro atoms. The maximum Gasteiger partial charge on any atom is 0.313 e. The van der Waals surface area contributed by atoms with Gasteiger partial charge in [-0.25, -0.2) is 18.1 Å². The van der Waals surface area contributed by atoms with E-state index in [1.54, 1.807) is 13.1 Å². The number of nitrogens with one attached hydrogen (secondary N) is 1. The van der Waals surface area contributed by atoms with E-state index in [0.717, 1.165) is 11.8 Å². The summed E-state index contributed by atoms with van der Waals surface area (Å²) in [6, 6.07) is 2.74. The van der Waals surface area contributed by atoms with Crippen LogP contribution in [0.2, 0.25) is 5.02 Å². The van der Waals surface area contributed by atoms with Crippen LogP contribution < -0.4 is 15.5 Å². The van der Waals surface area contributed by atoms with E-state index in [9.17, 15) is 13.2 Å². The summed E-state index contributed by atoms with van der Waals surface area (Å²) in [5.41, 5.74) is 6.23. The number of hydrazone groups is 1. The standard InChI is InChI=1S/C16H18ClN7O4S2/c1-8-5-12(11(6-10(8)17)29-7-13(25)26)30(27,28)23-15-20-14(18)21-16(22-15)24-9(2)3-4-19-24/h4-6,9H,3,7H2,1-2H3,(H,25,26)(H3,18,20,21,22,23)/t9-/m0/s1. The number of sulfonamides is 1. The molecule has 1 aromatic carbocycles. The minimum absolute atomic E-state index is 0.0193. The molecule has 1 atom stereocenters. The molecule has 30 heavy (non-hydrogen) atoms. The second kappa shape index (κ2) is 8.62. The van der Waals surface area contributed by atoms with Crippen LogP contribution in [0.1, 0.15) is 18.9 Å². The summed E-state index contributed by atoms with van der Waals surface area (Å²) in [6.07, 6.45) is 2.37. The summed E-state index contributed by atoms with van der Waals surface area (Å²) in [6.45, 7) is 3.54. The summed E-state index contributed by atoms with van der Waals surface area (Å²) in [5, 5.41) is 14.9. The van der Waals surface area contributed by atoms with Gasteiger partial charge in [0.15, 0.2) is 0 Å². The molecular formula is C16H18ClN7O4S2. The molecule has 1 aliphatic heterocycles. The van der Waals surface area contributed by atoms with Gasteiger partial charge < -0.3 is 10.8 Å². The fraction of sp³-hybridized carbons (Fsp3) is 0.312. The summed E-state index contributed by atoms with van der Waals surface area (Å²) in [5.74, 6) is -1.79. The number of halogens is 1. The Balaban J connectivity index is 1.97. The van der Waals surface area contributed by atoms with E-state index in [-0.39, 0.29) is 39.4 Å². The minimum atomic E-state index is -4.19. The lowest BCUT2D eigenvalue weighted by molar-refractivity contribution is -0.133. The summed E-state index contributed by atoms with van der Waals surface area (Å²) >= 11 is 6.93. The smallest absolute Gasteiger partial charge is 0.313 e. The van der Waals surface area contributed by atoms with Crippen molar-refractivity contribution in [1.82, 2.24) is 15.0 Å². The van der Waals surface area contributed by atoms with Gasteiger partial charge in [0.2, 0.25) is 11.9 Å². The molecule has 160 valence electrons. The van der Waals surface area contributed by atoms with Crippen LogP contribution in [0.3, 0.4) is 0 Å². The van der Waals surface area contributed by atoms with E-state index in [1.807, 2.05) is 6.92 Å². The number of nitrogen functional groups attached to an aromatic ring is 1. The Hall–Kier alpha value is -2.64. The van der Waals surface area contributed by atoms with Crippen molar-refractivity contribution < 1.29 is 18.3 Å². The molecule has 0 saturated carbocycles. The van der Waals surface area contributed by atoms with Gasteiger partial charge in [-0.1, -0.05) is 11.6 Å². The summed E-state index contributed by atoms with van der Waals surface area (Å²) in [7, 11) is -4.19. The van der Waals surface area contributed by atoms with E-state index in [1.165, 1.54) is 17.1 Å². The fourth-order valence-electron chi connectivity index (χ4n) is 2.55. The van der Waals surface area contributed by atoms with Crippen molar-refractivity contribution in [1.29, 1.82) is 0 Å². The minimum Gasteiger partial charge on any atom is -0.481 e. The average Bonchev–Trinajstić information content (AvgIpc) is 3.07. The van der Waals surface area contributed by atoms with E-state index in [0.29, 0.717) is 17.0 Å². The van der Waals surface area contributed by atoms with Crippen molar-refractivity contribution in [3.63, 3.8) is 0 Å². The second-order valence-corrected chi connectivity index (χ2v) is 9.46. The van der Waals surface area contributed by atoms with Gasteiger partial charge in [0.1, 0.15) is 4.90 Å². The number of carbonyl (C=O) groups is 1. The zero-order valence-electron chi connectivity index (χ0n) is 15.9. The molecule has 11 nitrogen and oxygen atoms in total. The number of carboxylic acid groups (broad SMARTS) is 1. The van der Waals surface area contributed by atoms with Crippen molar-refractivity contribution in [2.24, 2.45) is 5.10 Å². The van der Waals surface area contributed by atoms with Crippen LogP contribution in [0.25, 0.3) is 0 Å². The molecule has 0 saturated heterocycles. The number of aliphatic carboxylic acids is 1. The molecule has 2 heterocycles. The van der Waals surface area contributed by atoms with Gasteiger partial charge in [-0.05, 0) is 31.5 Å². The number of hydrogen-bond acceptors (Lipinski definition) is 10. The molecule has 14 heteroatoms. The molecule has 0 aliphatic carbocycles. The van der Waals surface area contributed by atoms with E-state index in [2.05, 4.69) is 24.8 Å². The Bertz CT molecular complexity index is 1130. The lowest BCUT2D eigenvalue weighted by Gasteiger charge is -2.18. The number of benzene rings is 1. The van der Waals surface area contributed by atoms with Crippen LogP contribution in [-0.4, -0.2) is 52.5 Å². The van der Waals surface area contributed by atoms with Crippen molar-refractivity contribution in [3.05, 3.63) is 22.7 Å². The number of nitrogens with zero attached hydrogens (tertiary/aromatic N) is 5. The molecule has 2 aromatic rings. The number of hydrogen-bond donors (Lipinski definition) is 3. The molecule has 0 radical (unpaired) electrons. The molecule has 0 amide bonds. The van der Waals surface area contributed by atoms with E-state index < -0.39 is 16.0 Å². The number of carboxylic acids is 1. The maximum absolute atomic E-state index is 13.0. The average molecular weight is 472 g/mol. The van der Waals surface area contributed by atoms with Crippen molar-refractivity contribution in [2.45, 2.75) is 36.1 Å². The lowest BCUT2D eigenvalue weighted by atomic mass is 10.2. The molecule has 4 N–H and O–H groups in total. The van der Waals surface area contributed by atoms with Crippen molar-refractivity contribution in [2.75, 3.05) is 21.2 Å². The van der Waals surface area contributed by atoms with Crippen LogP contribution in [0, 0.1) is 6.92 Å². The number of rotatable bonds is 7. The van der Waals surface area contributed by atoms with E-state index in [4.69, 9.17) is 22.4 Å². The Morgan fingerprint density at radius 2 is 2.13 bits per heavy atom. The quantitative estimate of drug-likeness (QED) is 0.508. The second-order valence-electron chi connectivity index (χ2n) is 6.38. The van der Waals surface area contributed by atoms with Crippen molar-refractivity contribution in [3.8, 4) is 0 Å². The third-order valence-electron chi connectivity index (χ3n) is 4.01. The molecule has 0 unspecified atom stereocenters. The number of nitrogens with two attached hydrogens (primary N) is 1. The monoisotopic (exact) mass is 471 g/mol. The molecular weight excluding hydrogens is 454 g/mol. The first-order valence-electron chi connectivity index (χ1n) is 8.57. The normalized spacial score (nSPS) is 16.1. The zero-order chi connectivity index (χ0) is 22.1. The van der Waals surface area contributed by atoms with Gasteiger partial charge in [0, 0.05) is 22.6 Å². The Kier molecular flexibility index (Phi) is 6.33. The Labute approximate surface area is 181 Å². The highest BCUT2D eigenvalue weighted by atomic mass is 35.5. The first kappa shape index (κ1) is 22.1.